The third-order valence-corrected chi connectivity index (χ3v) is 5.46. The molecule has 0 aliphatic heterocycles. The highest BCUT2D eigenvalue weighted by atomic mass is 15.2. The van der Waals surface area contributed by atoms with Crippen molar-refractivity contribution in [3.05, 3.63) is 12.2 Å². The molecule has 0 aliphatic rings. The molecule has 0 aromatic carbocycles. The fourth-order valence-electron chi connectivity index (χ4n) is 3.59. The van der Waals surface area contributed by atoms with Gasteiger partial charge in [0.1, 0.15) is 12.2 Å². The van der Waals surface area contributed by atoms with E-state index in [1.54, 1.807) is 6.33 Å². The second-order valence-corrected chi connectivity index (χ2v) is 8.42. The second kappa shape index (κ2) is 14.3. The third kappa shape index (κ3) is 11.4. The lowest BCUT2D eigenvalue weighted by Gasteiger charge is -2.21. The zero-order chi connectivity index (χ0) is 18.2. The van der Waals surface area contributed by atoms with Crippen molar-refractivity contribution in [1.82, 2.24) is 15.2 Å². The standard InChI is InChI=1S/C22H43N3/c1-4-5-6-7-8-9-10-11-12-13-14-15-16-17-18-19-22(2,3)21-23-20-24-25-21/h20H,4-19H2,1-3H3,(H,23,24,25). The van der Waals surface area contributed by atoms with Gasteiger partial charge in [0.05, 0.1) is 0 Å². The molecule has 1 aromatic rings. The molecule has 3 heteroatoms. The average molecular weight is 350 g/mol. The van der Waals surface area contributed by atoms with Gasteiger partial charge in [-0.1, -0.05) is 117 Å². The highest BCUT2D eigenvalue weighted by molar-refractivity contribution is 5.00. The Kier molecular flexibility index (Phi) is 12.7. The SMILES string of the molecule is CCCCCCCCCCCCCCCCCC(C)(C)c1ncn[nH]1. The molecule has 0 radical (unpaired) electrons. The van der Waals surface area contributed by atoms with Crippen molar-refractivity contribution in [2.45, 2.75) is 129 Å². The first-order chi connectivity index (χ1) is 12.2. The predicted molar refractivity (Wildman–Crippen MR) is 109 cm³/mol. The van der Waals surface area contributed by atoms with Crippen molar-refractivity contribution in [2.75, 3.05) is 0 Å². The first kappa shape index (κ1) is 22.2. The summed E-state index contributed by atoms with van der Waals surface area (Å²) in [5.41, 5.74) is 0.132. The van der Waals surface area contributed by atoms with Gasteiger partial charge in [0.2, 0.25) is 0 Å². The van der Waals surface area contributed by atoms with Crippen LogP contribution in [0.5, 0.6) is 0 Å². The van der Waals surface area contributed by atoms with E-state index in [1.807, 2.05) is 0 Å². The molecule has 0 saturated heterocycles. The van der Waals surface area contributed by atoms with E-state index in [-0.39, 0.29) is 5.41 Å². The van der Waals surface area contributed by atoms with Crippen molar-refractivity contribution in [1.29, 1.82) is 0 Å². The van der Waals surface area contributed by atoms with Crippen LogP contribution in [0.2, 0.25) is 0 Å². The van der Waals surface area contributed by atoms with Crippen LogP contribution in [-0.4, -0.2) is 15.2 Å². The largest absolute Gasteiger partial charge is 0.263 e. The summed E-state index contributed by atoms with van der Waals surface area (Å²) in [5, 5.41) is 6.99. The van der Waals surface area contributed by atoms with Gasteiger partial charge in [0, 0.05) is 5.41 Å². The lowest BCUT2D eigenvalue weighted by Crippen LogP contribution is -2.19. The number of hydrogen-bond donors (Lipinski definition) is 1. The van der Waals surface area contributed by atoms with Crippen LogP contribution < -0.4 is 0 Å². The number of aromatic nitrogens is 3. The van der Waals surface area contributed by atoms with Crippen LogP contribution in [-0.2, 0) is 5.41 Å². The topological polar surface area (TPSA) is 41.6 Å². The Morgan fingerprint density at radius 2 is 1.16 bits per heavy atom. The minimum Gasteiger partial charge on any atom is -0.263 e. The molecule has 146 valence electrons. The molecular formula is C22H43N3. The highest BCUT2D eigenvalue weighted by Crippen LogP contribution is 2.26. The number of aromatic amines is 1. The maximum Gasteiger partial charge on any atom is 0.137 e. The van der Waals surface area contributed by atoms with E-state index in [9.17, 15) is 0 Å². The van der Waals surface area contributed by atoms with Gasteiger partial charge < -0.3 is 0 Å². The fraction of sp³-hybridized carbons (Fsp3) is 0.909. The Morgan fingerprint density at radius 1 is 0.720 bits per heavy atom. The smallest absolute Gasteiger partial charge is 0.137 e. The molecule has 0 bridgehead atoms. The van der Waals surface area contributed by atoms with Gasteiger partial charge in [0.15, 0.2) is 0 Å². The number of nitrogens with one attached hydrogen (secondary N) is 1. The maximum atomic E-state index is 4.31. The minimum absolute atomic E-state index is 0.132. The minimum atomic E-state index is 0.132. The molecule has 1 N–H and O–H groups in total. The molecule has 25 heavy (non-hydrogen) atoms. The van der Waals surface area contributed by atoms with Crippen LogP contribution in [0, 0.1) is 0 Å². The molecule has 1 heterocycles. The number of hydrogen-bond acceptors (Lipinski definition) is 2. The molecule has 0 amide bonds. The number of rotatable bonds is 17. The van der Waals surface area contributed by atoms with Gasteiger partial charge in [-0.25, -0.2) is 4.98 Å². The summed E-state index contributed by atoms with van der Waals surface area (Å²) in [5.74, 6) is 1.03. The Hall–Kier alpha value is -0.860. The predicted octanol–water partition coefficient (Wildman–Crippen LogP) is 7.34. The average Bonchev–Trinajstić information content (AvgIpc) is 3.14. The second-order valence-electron chi connectivity index (χ2n) is 8.42. The number of H-pyrrole nitrogens is 1. The maximum absolute atomic E-state index is 4.31. The van der Waals surface area contributed by atoms with Crippen molar-refractivity contribution < 1.29 is 0 Å². The van der Waals surface area contributed by atoms with Crippen LogP contribution >= 0.6 is 0 Å². The normalized spacial score (nSPS) is 12.0. The summed E-state index contributed by atoms with van der Waals surface area (Å²) in [6.07, 6.45) is 24.1. The summed E-state index contributed by atoms with van der Waals surface area (Å²) in [4.78, 5) is 4.31. The molecule has 3 nitrogen and oxygen atoms in total. The van der Waals surface area contributed by atoms with Gasteiger partial charge in [-0.2, -0.15) is 5.10 Å². The van der Waals surface area contributed by atoms with Gasteiger partial charge >= 0.3 is 0 Å². The van der Waals surface area contributed by atoms with Gasteiger partial charge in [-0.3, -0.25) is 5.10 Å². The highest BCUT2D eigenvalue weighted by Gasteiger charge is 2.22. The Balaban J connectivity index is 1.80. The van der Waals surface area contributed by atoms with Crippen LogP contribution in [0.4, 0.5) is 0 Å². The van der Waals surface area contributed by atoms with E-state index in [2.05, 4.69) is 36.0 Å². The lowest BCUT2D eigenvalue weighted by molar-refractivity contribution is 0.420. The van der Waals surface area contributed by atoms with Crippen molar-refractivity contribution in [2.24, 2.45) is 0 Å². The van der Waals surface area contributed by atoms with Crippen LogP contribution in [0.3, 0.4) is 0 Å². The molecule has 0 spiro atoms. The quantitative estimate of drug-likeness (QED) is 0.299. The lowest BCUT2D eigenvalue weighted by atomic mass is 9.86. The molecular weight excluding hydrogens is 306 g/mol. The summed E-state index contributed by atoms with van der Waals surface area (Å²) >= 11 is 0. The molecule has 1 aromatic heterocycles. The van der Waals surface area contributed by atoms with E-state index in [0.29, 0.717) is 0 Å². The summed E-state index contributed by atoms with van der Waals surface area (Å²) in [6, 6.07) is 0. The fourth-order valence-corrected chi connectivity index (χ4v) is 3.59. The van der Waals surface area contributed by atoms with Gasteiger partial charge in [-0.05, 0) is 6.42 Å². The van der Waals surface area contributed by atoms with E-state index in [0.717, 1.165) is 5.82 Å². The van der Waals surface area contributed by atoms with Crippen LogP contribution in [0.1, 0.15) is 129 Å². The molecule has 0 fully saturated rings. The van der Waals surface area contributed by atoms with Crippen molar-refractivity contribution >= 4 is 0 Å². The van der Waals surface area contributed by atoms with E-state index >= 15 is 0 Å². The number of nitrogens with zero attached hydrogens (tertiary/aromatic N) is 2. The van der Waals surface area contributed by atoms with Gasteiger partial charge in [0.25, 0.3) is 0 Å². The summed E-state index contributed by atoms with van der Waals surface area (Å²) in [6.45, 7) is 6.81. The van der Waals surface area contributed by atoms with E-state index in [1.165, 1.54) is 103 Å². The van der Waals surface area contributed by atoms with Crippen LogP contribution in [0.15, 0.2) is 6.33 Å². The summed E-state index contributed by atoms with van der Waals surface area (Å²) < 4.78 is 0. The third-order valence-electron chi connectivity index (χ3n) is 5.46. The Morgan fingerprint density at radius 3 is 1.56 bits per heavy atom. The molecule has 1 rings (SSSR count). The van der Waals surface area contributed by atoms with Crippen LogP contribution in [0.25, 0.3) is 0 Å². The summed E-state index contributed by atoms with van der Waals surface area (Å²) in [7, 11) is 0. The monoisotopic (exact) mass is 349 g/mol. The molecule has 0 atom stereocenters. The van der Waals surface area contributed by atoms with Crippen molar-refractivity contribution in [3.8, 4) is 0 Å². The number of unbranched alkanes of at least 4 members (excludes halogenated alkanes) is 14. The van der Waals surface area contributed by atoms with E-state index in [4.69, 9.17) is 0 Å². The molecule has 0 unspecified atom stereocenters. The Bertz CT molecular complexity index is 384. The molecule has 0 saturated carbocycles. The van der Waals surface area contributed by atoms with Gasteiger partial charge in [-0.15, -0.1) is 0 Å². The van der Waals surface area contributed by atoms with E-state index < -0.39 is 0 Å². The zero-order valence-electron chi connectivity index (χ0n) is 17.3. The first-order valence-corrected chi connectivity index (χ1v) is 11.0. The molecule has 0 aliphatic carbocycles. The van der Waals surface area contributed by atoms with Crippen molar-refractivity contribution in [3.63, 3.8) is 0 Å². The Labute approximate surface area is 156 Å². The zero-order valence-corrected chi connectivity index (χ0v) is 17.3. The first-order valence-electron chi connectivity index (χ1n) is 11.0.